The first-order valence-electron chi connectivity index (χ1n) is 5.88. The lowest BCUT2D eigenvalue weighted by atomic mass is 10.4. The molecule has 98 valence electrons. The van der Waals surface area contributed by atoms with Crippen LogP contribution in [0.25, 0.3) is 0 Å². The van der Waals surface area contributed by atoms with E-state index in [-0.39, 0.29) is 6.04 Å². The molecule has 2 rings (SSSR count). The minimum absolute atomic E-state index is 0.245. The van der Waals surface area contributed by atoms with Crippen molar-refractivity contribution in [2.24, 2.45) is 0 Å². The van der Waals surface area contributed by atoms with E-state index in [1.54, 1.807) is 16.4 Å². The summed E-state index contributed by atoms with van der Waals surface area (Å²) in [6.07, 6.45) is 1.01. The van der Waals surface area contributed by atoms with Gasteiger partial charge in [0.25, 0.3) is 0 Å². The molecule has 0 atom stereocenters. The van der Waals surface area contributed by atoms with Crippen molar-refractivity contribution >= 4 is 11.8 Å². The Labute approximate surface area is 109 Å². The van der Waals surface area contributed by atoms with Crippen LogP contribution in [0.4, 0.5) is 0 Å². The first-order chi connectivity index (χ1) is 8.72. The van der Waals surface area contributed by atoms with Crippen molar-refractivity contribution in [1.29, 1.82) is 0 Å². The van der Waals surface area contributed by atoms with Crippen molar-refractivity contribution in [1.82, 2.24) is 40.4 Å². The minimum atomic E-state index is 0.245. The number of aromatic nitrogens is 8. The minimum Gasteiger partial charge on any atom is -0.229 e. The zero-order chi connectivity index (χ0) is 13.0. The van der Waals surface area contributed by atoms with Gasteiger partial charge in [0.15, 0.2) is 5.82 Å². The maximum atomic E-state index is 4.01. The Morgan fingerprint density at radius 1 is 1.17 bits per heavy atom. The molecule has 18 heavy (non-hydrogen) atoms. The van der Waals surface area contributed by atoms with E-state index >= 15 is 0 Å². The predicted octanol–water partition coefficient (Wildman–Crippen LogP) is 0.943. The Bertz CT molecular complexity index is 490. The molecule has 8 nitrogen and oxygen atoms in total. The molecule has 0 fully saturated rings. The quantitative estimate of drug-likeness (QED) is 0.720. The topological polar surface area (TPSA) is 87.2 Å². The van der Waals surface area contributed by atoms with E-state index in [1.165, 1.54) is 0 Å². The fourth-order valence-corrected chi connectivity index (χ4v) is 2.38. The van der Waals surface area contributed by atoms with E-state index in [1.807, 2.05) is 18.5 Å². The van der Waals surface area contributed by atoms with Crippen LogP contribution in [0.2, 0.25) is 0 Å². The zero-order valence-corrected chi connectivity index (χ0v) is 11.5. The molecule has 2 aromatic heterocycles. The van der Waals surface area contributed by atoms with Crippen LogP contribution in [0, 0.1) is 0 Å². The zero-order valence-electron chi connectivity index (χ0n) is 10.7. The van der Waals surface area contributed by atoms with Crippen LogP contribution in [-0.2, 0) is 12.3 Å². The van der Waals surface area contributed by atoms with Gasteiger partial charge in [0.1, 0.15) is 0 Å². The first kappa shape index (κ1) is 12.9. The monoisotopic (exact) mass is 268 g/mol. The summed E-state index contributed by atoms with van der Waals surface area (Å²) in [5, 5.41) is 24.1. The van der Waals surface area contributed by atoms with Gasteiger partial charge in [0, 0.05) is 6.54 Å². The molecule has 0 aliphatic heterocycles. The average Bonchev–Trinajstić information content (AvgIpc) is 2.95. The largest absolute Gasteiger partial charge is 0.229 e. The Balaban J connectivity index is 2.02. The van der Waals surface area contributed by atoms with Gasteiger partial charge in [-0.25, -0.2) is 9.36 Å². The molecule has 0 unspecified atom stereocenters. The van der Waals surface area contributed by atoms with Crippen LogP contribution in [-0.4, -0.2) is 40.4 Å². The molecule has 0 spiro atoms. The summed E-state index contributed by atoms with van der Waals surface area (Å²) in [6.45, 7) is 7.01. The van der Waals surface area contributed by atoms with Crippen LogP contribution in [0.1, 0.15) is 39.1 Å². The van der Waals surface area contributed by atoms with Gasteiger partial charge in [-0.05, 0) is 41.1 Å². The summed E-state index contributed by atoms with van der Waals surface area (Å²) < 4.78 is 3.61. The Hall–Kier alpha value is -1.51. The smallest absolute Gasteiger partial charge is 0.209 e. The van der Waals surface area contributed by atoms with Gasteiger partial charge in [-0.1, -0.05) is 18.7 Å². The van der Waals surface area contributed by atoms with Crippen LogP contribution < -0.4 is 0 Å². The van der Waals surface area contributed by atoms with Gasteiger partial charge in [0.05, 0.1) is 11.8 Å². The standard InChI is InChI=1S/C9H16N8S/c1-4-5-16-8(10-12-14-16)6-18-9-11-13-15-17(9)7(2)3/h7H,4-6H2,1-3H3. The molecule has 0 aliphatic rings. The fraction of sp³-hybridized carbons (Fsp3) is 0.778. The van der Waals surface area contributed by atoms with E-state index in [2.05, 4.69) is 38.0 Å². The lowest BCUT2D eigenvalue weighted by Gasteiger charge is -2.06. The molecule has 9 heteroatoms. The third-order valence-electron chi connectivity index (χ3n) is 2.32. The van der Waals surface area contributed by atoms with Crippen LogP contribution >= 0.6 is 11.8 Å². The molecule has 2 heterocycles. The average molecular weight is 268 g/mol. The third kappa shape index (κ3) is 2.84. The van der Waals surface area contributed by atoms with E-state index in [4.69, 9.17) is 0 Å². The number of rotatable bonds is 6. The molecule has 2 aromatic rings. The number of aryl methyl sites for hydroxylation is 1. The van der Waals surface area contributed by atoms with Gasteiger partial charge < -0.3 is 0 Å². The second kappa shape index (κ2) is 5.89. The maximum Gasteiger partial charge on any atom is 0.209 e. The van der Waals surface area contributed by atoms with E-state index < -0.39 is 0 Å². The molecule has 0 N–H and O–H groups in total. The van der Waals surface area contributed by atoms with Crippen molar-refractivity contribution < 1.29 is 0 Å². The summed E-state index contributed by atoms with van der Waals surface area (Å²) in [7, 11) is 0. The number of nitrogens with zero attached hydrogens (tertiary/aromatic N) is 8. The first-order valence-corrected chi connectivity index (χ1v) is 6.86. The van der Waals surface area contributed by atoms with Crippen molar-refractivity contribution in [3.8, 4) is 0 Å². The molecule has 0 saturated carbocycles. The SMILES string of the molecule is CCCn1nnnc1CSc1nnnn1C(C)C. The Morgan fingerprint density at radius 2 is 1.94 bits per heavy atom. The van der Waals surface area contributed by atoms with Crippen molar-refractivity contribution in [3.63, 3.8) is 0 Å². The number of thioether (sulfide) groups is 1. The highest BCUT2D eigenvalue weighted by Gasteiger charge is 2.12. The molecule has 0 bridgehead atoms. The maximum absolute atomic E-state index is 4.01. The summed E-state index contributed by atoms with van der Waals surface area (Å²) >= 11 is 1.54. The number of tetrazole rings is 2. The van der Waals surface area contributed by atoms with Gasteiger partial charge in [-0.3, -0.25) is 0 Å². The molecule has 0 aliphatic carbocycles. The van der Waals surface area contributed by atoms with E-state index in [0.717, 1.165) is 23.9 Å². The van der Waals surface area contributed by atoms with Crippen LogP contribution in [0.5, 0.6) is 0 Å². The molecular weight excluding hydrogens is 252 g/mol. The van der Waals surface area contributed by atoms with Crippen LogP contribution in [0.3, 0.4) is 0 Å². The molecule has 0 amide bonds. The highest BCUT2D eigenvalue weighted by molar-refractivity contribution is 7.98. The fourth-order valence-electron chi connectivity index (χ4n) is 1.45. The molecule has 0 saturated heterocycles. The lowest BCUT2D eigenvalue weighted by Crippen LogP contribution is -2.07. The highest BCUT2D eigenvalue weighted by atomic mass is 32.2. The molecule has 0 radical (unpaired) electrons. The van der Waals surface area contributed by atoms with Crippen molar-refractivity contribution in [2.75, 3.05) is 0 Å². The summed E-state index contributed by atoms with van der Waals surface area (Å²) in [4.78, 5) is 0. The third-order valence-corrected chi connectivity index (χ3v) is 3.25. The second-order valence-electron chi connectivity index (χ2n) is 4.11. The van der Waals surface area contributed by atoms with Gasteiger partial charge >= 0.3 is 0 Å². The van der Waals surface area contributed by atoms with Gasteiger partial charge in [-0.15, -0.1) is 10.2 Å². The summed E-state index contributed by atoms with van der Waals surface area (Å²) in [5.74, 6) is 1.51. The Kier molecular flexibility index (Phi) is 4.24. The molecule has 0 aromatic carbocycles. The second-order valence-corrected chi connectivity index (χ2v) is 5.05. The van der Waals surface area contributed by atoms with Gasteiger partial charge in [-0.2, -0.15) is 0 Å². The lowest BCUT2D eigenvalue weighted by molar-refractivity contribution is 0.477. The van der Waals surface area contributed by atoms with Crippen LogP contribution in [0.15, 0.2) is 5.16 Å². The normalized spacial score (nSPS) is 11.3. The van der Waals surface area contributed by atoms with Crippen molar-refractivity contribution in [2.45, 2.75) is 50.7 Å². The number of hydrogen-bond acceptors (Lipinski definition) is 7. The predicted molar refractivity (Wildman–Crippen MR) is 65.9 cm³/mol. The number of hydrogen-bond donors (Lipinski definition) is 0. The highest BCUT2D eigenvalue weighted by Crippen LogP contribution is 2.20. The molecular formula is C9H16N8S. The Morgan fingerprint density at radius 3 is 2.67 bits per heavy atom. The van der Waals surface area contributed by atoms with E-state index in [0.29, 0.717) is 5.75 Å². The van der Waals surface area contributed by atoms with Crippen molar-refractivity contribution in [3.05, 3.63) is 5.82 Å². The van der Waals surface area contributed by atoms with E-state index in [9.17, 15) is 0 Å². The van der Waals surface area contributed by atoms with Gasteiger partial charge in [0.2, 0.25) is 5.16 Å². The summed E-state index contributed by atoms with van der Waals surface area (Å²) in [5.41, 5.74) is 0. The summed E-state index contributed by atoms with van der Waals surface area (Å²) in [6, 6.07) is 0.245.